The summed E-state index contributed by atoms with van der Waals surface area (Å²) >= 11 is 0. The molecule has 110 valence electrons. The first kappa shape index (κ1) is 15.8. The molecule has 0 saturated heterocycles. The van der Waals surface area contributed by atoms with Crippen LogP contribution in [0.15, 0.2) is 12.1 Å². The number of hydrogen-bond acceptors (Lipinski definition) is 5. The van der Waals surface area contributed by atoms with Gasteiger partial charge in [0, 0.05) is 19.7 Å². The Morgan fingerprint density at radius 1 is 1.50 bits per heavy atom. The largest absolute Gasteiger partial charge is 0.480 e. The van der Waals surface area contributed by atoms with E-state index in [0.29, 0.717) is 6.07 Å². The molecule has 0 aliphatic heterocycles. The number of nitro groups is 1. The van der Waals surface area contributed by atoms with Gasteiger partial charge in [-0.1, -0.05) is 0 Å². The predicted octanol–water partition coefficient (Wildman–Crippen LogP) is 1.41. The summed E-state index contributed by atoms with van der Waals surface area (Å²) in [6.45, 7) is -0.852. The Balaban J connectivity index is 3.31. The average molecular weight is 290 g/mol. The van der Waals surface area contributed by atoms with Crippen LogP contribution in [0.25, 0.3) is 0 Å². The Hall–Kier alpha value is -2.29. The number of methoxy groups -OCH3 is 1. The van der Waals surface area contributed by atoms with Crippen molar-refractivity contribution in [2.45, 2.75) is 0 Å². The lowest BCUT2D eigenvalue weighted by atomic mass is 10.2. The molecule has 1 rings (SSSR count). The van der Waals surface area contributed by atoms with Gasteiger partial charge in [-0.2, -0.15) is 0 Å². The van der Waals surface area contributed by atoms with Crippen LogP contribution in [0.2, 0.25) is 0 Å². The number of ether oxygens (including phenoxy) is 1. The van der Waals surface area contributed by atoms with Crippen LogP contribution < -0.4 is 4.90 Å². The van der Waals surface area contributed by atoms with Gasteiger partial charge in [-0.15, -0.1) is 0 Å². The minimum atomic E-state index is -1.46. The number of nitro benzene ring substituents is 1. The van der Waals surface area contributed by atoms with Crippen LogP contribution in [0.4, 0.5) is 20.2 Å². The molecule has 0 atom stereocenters. The van der Waals surface area contributed by atoms with Gasteiger partial charge in [0.1, 0.15) is 6.54 Å². The van der Waals surface area contributed by atoms with Crippen LogP contribution in [0.1, 0.15) is 0 Å². The van der Waals surface area contributed by atoms with Gasteiger partial charge in [0.15, 0.2) is 17.3 Å². The van der Waals surface area contributed by atoms with Gasteiger partial charge in [0.2, 0.25) is 0 Å². The maximum atomic E-state index is 13.8. The number of anilines is 1. The fourth-order valence-electron chi connectivity index (χ4n) is 1.61. The molecule has 0 aliphatic carbocycles. The highest BCUT2D eigenvalue weighted by Crippen LogP contribution is 2.32. The standard InChI is InChI=1S/C11H12F2N2O5/c1-20-5-4-14(6-9(16)17)11-8(15(18)19)3-2-7(12)10(11)13/h2-3H,4-6H2,1H3,(H,16,17). The van der Waals surface area contributed by atoms with E-state index in [9.17, 15) is 23.7 Å². The van der Waals surface area contributed by atoms with E-state index in [4.69, 9.17) is 9.84 Å². The monoisotopic (exact) mass is 290 g/mol. The fraction of sp³-hybridized carbons (Fsp3) is 0.364. The molecule has 1 N–H and O–H groups in total. The van der Waals surface area contributed by atoms with Gasteiger partial charge in [0.25, 0.3) is 5.69 Å². The Morgan fingerprint density at radius 2 is 2.15 bits per heavy atom. The van der Waals surface area contributed by atoms with Crippen molar-refractivity contribution in [3.05, 3.63) is 33.9 Å². The van der Waals surface area contributed by atoms with Gasteiger partial charge >= 0.3 is 5.97 Å². The van der Waals surface area contributed by atoms with Gasteiger partial charge in [-0.05, 0) is 6.07 Å². The highest BCUT2D eigenvalue weighted by molar-refractivity contribution is 5.76. The smallest absolute Gasteiger partial charge is 0.323 e. The molecule has 0 fully saturated rings. The average Bonchev–Trinajstić information content (AvgIpc) is 2.37. The Kier molecular flexibility index (Phi) is 5.32. The molecule has 0 spiro atoms. The molecule has 0 radical (unpaired) electrons. The minimum absolute atomic E-state index is 0.000385. The zero-order chi connectivity index (χ0) is 15.3. The number of hydrogen-bond donors (Lipinski definition) is 1. The van der Waals surface area contributed by atoms with Crippen LogP contribution in [0.5, 0.6) is 0 Å². The van der Waals surface area contributed by atoms with Crippen LogP contribution in [-0.2, 0) is 9.53 Å². The van der Waals surface area contributed by atoms with E-state index in [1.54, 1.807) is 0 Å². The van der Waals surface area contributed by atoms with E-state index in [-0.39, 0.29) is 13.2 Å². The second kappa shape index (κ2) is 6.75. The summed E-state index contributed by atoms with van der Waals surface area (Å²) in [5.41, 5.74) is -1.41. The van der Waals surface area contributed by atoms with Crippen molar-refractivity contribution in [3.8, 4) is 0 Å². The zero-order valence-corrected chi connectivity index (χ0v) is 10.5. The lowest BCUT2D eigenvalue weighted by molar-refractivity contribution is -0.384. The summed E-state index contributed by atoms with van der Waals surface area (Å²) in [5, 5.41) is 19.6. The molecule has 9 heteroatoms. The normalized spacial score (nSPS) is 10.3. The lowest BCUT2D eigenvalue weighted by Gasteiger charge is -2.22. The van der Waals surface area contributed by atoms with Gasteiger partial charge in [-0.3, -0.25) is 14.9 Å². The van der Waals surface area contributed by atoms with E-state index in [0.717, 1.165) is 11.0 Å². The number of halogens is 2. The summed E-state index contributed by atoms with van der Waals surface area (Å²) in [4.78, 5) is 21.6. The Bertz CT molecular complexity index is 524. The molecule has 7 nitrogen and oxygen atoms in total. The highest BCUT2D eigenvalue weighted by atomic mass is 19.2. The first-order chi connectivity index (χ1) is 9.38. The number of carboxylic acid groups (broad SMARTS) is 1. The van der Waals surface area contributed by atoms with E-state index in [1.807, 2.05) is 0 Å². The van der Waals surface area contributed by atoms with E-state index < -0.39 is 40.4 Å². The van der Waals surface area contributed by atoms with Crippen LogP contribution >= 0.6 is 0 Å². The maximum absolute atomic E-state index is 13.8. The van der Waals surface area contributed by atoms with Gasteiger partial charge in [0.05, 0.1) is 11.5 Å². The molecule has 20 heavy (non-hydrogen) atoms. The third-order valence-electron chi connectivity index (χ3n) is 2.45. The number of benzene rings is 1. The summed E-state index contributed by atoms with van der Waals surface area (Å²) in [6, 6.07) is 1.40. The molecular formula is C11H12F2N2O5. The second-order valence-corrected chi connectivity index (χ2v) is 3.79. The molecule has 1 aromatic carbocycles. The zero-order valence-electron chi connectivity index (χ0n) is 10.5. The second-order valence-electron chi connectivity index (χ2n) is 3.79. The molecule has 0 unspecified atom stereocenters. The van der Waals surface area contributed by atoms with Crippen molar-refractivity contribution >= 4 is 17.3 Å². The predicted molar refractivity (Wildman–Crippen MR) is 64.7 cm³/mol. The first-order valence-electron chi connectivity index (χ1n) is 5.46. The summed E-state index contributed by atoms with van der Waals surface area (Å²) in [7, 11) is 1.33. The van der Waals surface area contributed by atoms with Crippen molar-refractivity contribution < 1.29 is 28.3 Å². The van der Waals surface area contributed by atoms with E-state index in [2.05, 4.69) is 0 Å². The SMILES string of the molecule is COCCN(CC(=O)O)c1c([N+](=O)[O-])ccc(F)c1F. The van der Waals surface area contributed by atoms with E-state index >= 15 is 0 Å². The van der Waals surface area contributed by atoms with Crippen molar-refractivity contribution in [1.29, 1.82) is 0 Å². The number of carbonyl (C=O) groups is 1. The summed E-state index contributed by atoms with van der Waals surface area (Å²) < 4.78 is 31.8. The number of nitrogens with zero attached hydrogens (tertiary/aromatic N) is 2. The molecule has 0 amide bonds. The van der Waals surface area contributed by atoms with Crippen LogP contribution in [0, 0.1) is 21.7 Å². The van der Waals surface area contributed by atoms with Gasteiger partial charge in [-0.25, -0.2) is 8.78 Å². The van der Waals surface area contributed by atoms with Crippen molar-refractivity contribution in [3.63, 3.8) is 0 Å². The minimum Gasteiger partial charge on any atom is -0.480 e. The molecule has 0 heterocycles. The van der Waals surface area contributed by atoms with Gasteiger partial charge < -0.3 is 14.7 Å². The number of aliphatic carboxylic acids is 1. The topological polar surface area (TPSA) is 92.9 Å². The van der Waals surface area contributed by atoms with Crippen LogP contribution in [0.3, 0.4) is 0 Å². The molecule has 0 aromatic heterocycles. The quantitative estimate of drug-likeness (QED) is 0.603. The summed E-state index contributed by atoms with van der Waals surface area (Å²) in [5.74, 6) is -4.09. The first-order valence-corrected chi connectivity index (χ1v) is 5.46. The van der Waals surface area contributed by atoms with Crippen molar-refractivity contribution in [2.24, 2.45) is 0 Å². The Morgan fingerprint density at radius 3 is 2.65 bits per heavy atom. The number of rotatable bonds is 7. The van der Waals surface area contributed by atoms with Crippen LogP contribution in [-0.4, -0.2) is 42.8 Å². The molecule has 0 bridgehead atoms. The molecule has 1 aromatic rings. The lowest BCUT2D eigenvalue weighted by Crippen LogP contribution is -2.34. The number of carboxylic acids is 1. The molecule has 0 saturated carbocycles. The Labute approximate surface area is 112 Å². The fourth-order valence-corrected chi connectivity index (χ4v) is 1.61. The molecular weight excluding hydrogens is 278 g/mol. The van der Waals surface area contributed by atoms with Crippen molar-refractivity contribution in [2.75, 3.05) is 31.7 Å². The van der Waals surface area contributed by atoms with E-state index in [1.165, 1.54) is 7.11 Å². The summed E-state index contributed by atoms with van der Waals surface area (Å²) in [6.07, 6.45) is 0. The third kappa shape index (κ3) is 3.60. The van der Waals surface area contributed by atoms with Crippen molar-refractivity contribution in [1.82, 2.24) is 0 Å². The third-order valence-corrected chi connectivity index (χ3v) is 2.45. The highest BCUT2D eigenvalue weighted by Gasteiger charge is 2.27. The molecule has 0 aliphatic rings. The maximum Gasteiger partial charge on any atom is 0.323 e.